The summed E-state index contributed by atoms with van der Waals surface area (Å²) in [6.45, 7) is 3.25. The van der Waals surface area contributed by atoms with Crippen LogP contribution in [0.1, 0.15) is 31.7 Å². The Hall–Kier alpha value is -0.860. The first-order valence-corrected chi connectivity index (χ1v) is 8.31. The molecule has 2 aromatic rings. The van der Waals surface area contributed by atoms with Crippen LogP contribution in [0.5, 0.6) is 0 Å². The lowest BCUT2D eigenvalue weighted by Gasteiger charge is -2.34. The van der Waals surface area contributed by atoms with E-state index in [1.54, 1.807) is 0 Å². The van der Waals surface area contributed by atoms with E-state index < -0.39 is 0 Å². The number of thiophene rings is 1. The molecule has 1 aliphatic carbocycles. The zero-order chi connectivity index (χ0) is 13.2. The predicted molar refractivity (Wildman–Crippen MR) is 84.6 cm³/mol. The largest absolute Gasteiger partial charge is 0.330 e. The molecule has 3 unspecified atom stereocenters. The van der Waals surface area contributed by atoms with Gasteiger partial charge in [0.05, 0.1) is 0 Å². The quantitative estimate of drug-likeness (QED) is 0.878. The van der Waals surface area contributed by atoms with Gasteiger partial charge in [-0.25, -0.2) is 0 Å². The van der Waals surface area contributed by atoms with Gasteiger partial charge in [-0.1, -0.05) is 31.5 Å². The molecule has 0 amide bonds. The van der Waals surface area contributed by atoms with Gasteiger partial charge < -0.3 is 5.73 Å². The first-order valence-electron chi connectivity index (χ1n) is 7.43. The Labute approximate surface area is 119 Å². The van der Waals surface area contributed by atoms with Crippen molar-refractivity contribution in [3.63, 3.8) is 0 Å². The first kappa shape index (κ1) is 13.1. The van der Waals surface area contributed by atoms with Crippen molar-refractivity contribution in [1.29, 1.82) is 0 Å². The smallest absolute Gasteiger partial charge is 0.0345 e. The number of hydrogen-bond acceptors (Lipinski definition) is 2. The van der Waals surface area contributed by atoms with E-state index in [1.165, 1.54) is 41.3 Å². The molecule has 0 radical (unpaired) electrons. The number of fused-ring (bicyclic) bond motifs is 1. The van der Waals surface area contributed by atoms with Crippen LogP contribution in [0.2, 0.25) is 0 Å². The van der Waals surface area contributed by atoms with E-state index in [1.807, 2.05) is 11.3 Å². The van der Waals surface area contributed by atoms with Crippen molar-refractivity contribution in [3.8, 4) is 0 Å². The molecule has 19 heavy (non-hydrogen) atoms. The summed E-state index contributed by atoms with van der Waals surface area (Å²) in [7, 11) is 0. The number of nitrogens with two attached hydrogens (primary N) is 1. The third-order valence-electron chi connectivity index (χ3n) is 4.75. The van der Waals surface area contributed by atoms with Crippen LogP contribution in [0.3, 0.4) is 0 Å². The highest BCUT2D eigenvalue weighted by Gasteiger charge is 2.28. The van der Waals surface area contributed by atoms with Crippen LogP contribution in [-0.2, 0) is 6.42 Å². The van der Waals surface area contributed by atoms with E-state index in [0.717, 1.165) is 24.3 Å². The van der Waals surface area contributed by atoms with Gasteiger partial charge >= 0.3 is 0 Å². The Bertz CT molecular complexity index is 545. The van der Waals surface area contributed by atoms with Gasteiger partial charge in [-0.3, -0.25) is 0 Å². The summed E-state index contributed by atoms with van der Waals surface area (Å²) < 4.78 is 1.42. The molecule has 0 bridgehead atoms. The Balaban J connectivity index is 1.83. The molecule has 1 aromatic carbocycles. The predicted octanol–water partition coefficient (Wildman–Crippen LogP) is 4.45. The minimum atomic E-state index is 0.731. The topological polar surface area (TPSA) is 26.0 Å². The minimum absolute atomic E-state index is 0.731. The molecule has 1 heterocycles. The molecule has 0 spiro atoms. The van der Waals surface area contributed by atoms with Gasteiger partial charge in [0.1, 0.15) is 0 Å². The molecule has 3 rings (SSSR count). The molecule has 2 N–H and O–H groups in total. The average Bonchev–Trinajstić information content (AvgIpc) is 2.83. The second kappa shape index (κ2) is 5.64. The lowest BCUT2D eigenvalue weighted by atomic mass is 9.72. The van der Waals surface area contributed by atoms with Crippen LogP contribution in [0, 0.1) is 17.8 Å². The summed E-state index contributed by atoms with van der Waals surface area (Å²) in [4.78, 5) is 0. The van der Waals surface area contributed by atoms with Gasteiger partial charge in [-0.05, 0) is 66.0 Å². The van der Waals surface area contributed by atoms with Crippen molar-refractivity contribution < 1.29 is 0 Å². The maximum atomic E-state index is 5.98. The van der Waals surface area contributed by atoms with Crippen LogP contribution in [0.25, 0.3) is 10.1 Å². The summed E-state index contributed by atoms with van der Waals surface area (Å²) in [5.41, 5.74) is 7.52. The normalized spacial score (nSPS) is 27.8. The Kier molecular flexibility index (Phi) is 3.90. The summed E-state index contributed by atoms with van der Waals surface area (Å²) in [5.74, 6) is 2.39. The molecule has 1 fully saturated rings. The van der Waals surface area contributed by atoms with Crippen molar-refractivity contribution >= 4 is 21.4 Å². The van der Waals surface area contributed by atoms with Crippen molar-refractivity contribution in [2.24, 2.45) is 23.5 Å². The van der Waals surface area contributed by atoms with E-state index in [2.05, 4.69) is 36.6 Å². The van der Waals surface area contributed by atoms with Gasteiger partial charge in [0.2, 0.25) is 0 Å². The van der Waals surface area contributed by atoms with Gasteiger partial charge in [-0.2, -0.15) is 0 Å². The molecule has 1 aromatic heterocycles. The Morgan fingerprint density at radius 1 is 1.21 bits per heavy atom. The average molecular weight is 273 g/mol. The summed E-state index contributed by atoms with van der Waals surface area (Å²) in [5, 5.41) is 3.82. The molecule has 3 atom stereocenters. The van der Waals surface area contributed by atoms with E-state index in [0.29, 0.717) is 0 Å². The summed E-state index contributed by atoms with van der Waals surface area (Å²) >= 11 is 1.88. The SMILES string of the molecule is CC1CCC(CN)C(Cc2csc3ccccc23)C1. The monoisotopic (exact) mass is 273 g/mol. The van der Waals surface area contributed by atoms with Crippen LogP contribution < -0.4 is 5.73 Å². The highest BCUT2D eigenvalue weighted by molar-refractivity contribution is 7.17. The number of rotatable bonds is 3. The highest BCUT2D eigenvalue weighted by Crippen LogP contribution is 2.37. The van der Waals surface area contributed by atoms with E-state index in [-0.39, 0.29) is 0 Å². The zero-order valence-corrected chi connectivity index (χ0v) is 12.5. The summed E-state index contributed by atoms with van der Waals surface area (Å²) in [6, 6.07) is 8.79. The fourth-order valence-corrected chi connectivity index (χ4v) is 4.57. The van der Waals surface area contributed by atoms with Gasteiger partial charge in [-0.15, -0.1) is 11.3 Å². The molecule has 2 heteroatoms. The molecule has 0 aliphatic heterocycles. The molecule has 102 valence electrons. The van der Waals surface area contributed by atoms with E-state index in [9.17, 15) is 0 Å². The molecular formula is C17H23NS. The lowest BCUT2D eigenvalue weighted by Crippen LogP contribution is -2.30. The number of hydrogen-bond donors (Lipinski definition) is 1. The van der Waals surface area contributed by atoms with Crippen LogP contribution >= 0.6 is 11.3 Å². The standard InChI is InChI=1S/C17H23NS/c1-12-6-7-13(10-18)14(8-12)9-15-11-19-17-5-3-2-4-16(15)17/h2-5,11-14H,6-10,18H2,1H3. The van der Waals surface area contributed by atoms with Crippen molar-refractivity contribution in [3.05, 3.63) is 35.2 Å². The fourth-order valence-electron chi connectivity index (χ4n) is 3.60. The second-order valence-electron chi connectivity index (χ2n) is 6.14. The number of benzene rings is 1. The van der Waals surface area contributed by atoms with Gasteiger partial charge in [0, 0.05) is 4.70 Å². The van der Waals surface area contributed by atoms with Crippen LogP contribution in [-0.4, -0.2) is 6.54 Å². The first-order chi connectivity index (χ1) is 9.28. The van der Waals surface area contributed by atoms with Crippen molar-refractivity contribution in [1.82, 2.24) is 0 Å². The van der Waals surface area contributed by atoms with Gasteiger partial charge in [0.15, 0.2) is 0 Å². The Morgan fingerprint density at radius 3 is 2.89 bits per heavy atom. The molecule has 1 aliphatic rings. The minimum Gasteiger partial charge on any atom is -0.330 e. The van der Waals surface area contributed by atoms with E-state index >= 15 is 0 Å². The Morgan fingerprint density at radius 2 is 2.05 bits per heavy atom. The third kappa shape index (κ3) is 2.70. The lowest BCUT2D eigenvalue weighted by molar-refractivity contribution is 0.193. The van der Waals surface area contributed by atoms with Crippen molar-refractivity contribution in [2.75, 3.05) is 6.54 Å². The second-order valence-corrected chi connectivity index (χ2v) is 7.05. The third-order valence-corrected chi connectivity index (χ3v) is 5.76. The van der Waals surface area contributed by atoms with Crippen molar-refractivity contribution in [2.45, 2.75) is 32.6 Å². The molecule has 0 saturated heterocycles. The maximum absolute atomic E-state index is 5.98. The fraction of sp³-hybridized carbons (Fsp3) is 0.529. The van der Waals surface area contributed by atoms with Crippen LogP contribution in [0.15, 0.2) is 29.6 Å². The zero-order valence-electron chi connectivity index (χ0n) is 11.6. The highest BCUT2D eigenvalue weighted by atomic mass is 32.1. The molecule has 1 nitrogen and oxygen atoms in total. The molecular weight excluding hydrogens is 250 g/mol. The van der Waals surface area contributed by atoms with Crippen LogP contribution in [0.4, 0.5) is 0 Å². The molecule has 1 saturated carbocycles. The van der Waals surface area contributed by atoms with Gasteiger partial charge in [0.25, 0.3) is 0 Å². The van der Waals surface area contributed by atoms with E-state index in [4.69, 9.17) is 5.73 Å². The summed E-state index contributed by atoms with van der Waals surface area (Å²) in [6.07, 6.45) is 5.26. The maximum Gasteiger partial charge on any atom is 0.0345 e.